The minimum atomic E-state index is -0.198. The van der Waals surface area contributed by atoms with Crippen LogP contribution in [0.25, 0.3) is 0 Å². The first-order chi connectivity index (χ1) is 11.0. The van der Waals surface area contributed by atoms with Crippen LogP contribution in [0.4, 0.5) is 0 Å². The Morgan fingerprint density at radius 1 is 1.43 bits per heavy atom. The molecule has 0 unspecified atom stereocenters. The molecule has 23 heavy (non-hydrogen) atoms. The molecule has 0 saturated carbocycles. The maximum absolute atomic E-state index is 12.4. The quantitative estimate of drug-likeness (QED) is 0.718. The van der Waals surface area contributed by atoms with Crippen LogP contribution in [0.5, 0.6) is 5.75 Å². The molecule has 5 nitrogen and oxygen atoms in total. The SMILES string of the molecule is C[C@@H](Sc1nccn1C)C(=O)N(C)CCOc1ccc(Cl)cc1. The van der Waals surface area contributed by atoms with Gasteiger partial charge in [-0.2, -0.15) is 0 Å². The highest BCUT2D eigenvalue weighted by Crippen LogP contribution is 2.22. The fourth-order valence-electron chi connectivity index (χ4n) is 1.93. The molecule has 2 rings (SSSR count). The zero-order chi connectivity index (χ0) is 16.8. The second-order valence-corrected chi connectivity index (χ2v) is 6.89. The first-order valence-corrected chi connectivity index (χ1v) is 8.50. The number of aryl methyl sites for hydroxylation is 1. The number of aromatic nitrogens is 2. The summed E-state index contributed by atoms with van der Waals surface area (Å²) in [6.07, 6.45) is 3.59. The molecule has 1 aromatic carbocycles. The Morgan fingerprint density at radius 3 is 2.74 bits per heavy atom. The smallest absolute Gasteiger partial charge is 0.235 e. The normalized spacial score (nSPS) is 12.0. The number of halogens is 1. The van der Waals surface area contributed by atoms with Gasteiger partial charge in [-0.25, -0.2) is 4.98 Å². The van der Waals surface area contributed by atoms with Gasteiger partial charge in [-0.15, -0.1) is 0 Å². The zero-order valence-electron chi connectivity index (χ0n) is 13.4. The van der Waals surface area contributed by atoms with E-state index in [1.807, 2.05) is 36.9 Å². The summed E-state index contributed by atoms with van der Waals surface area (Å²) < 4.78 is 7.51. The van der Waals surface area contributed by atoms with Crippen LogP contribution in [0.1, 0.15) is 6.92 Å². The zero-order valence-corrected chi connectivity index (χ0v) is 15.0. The number of thioether (sulfide) groups is 1. The van der Waals surface area contributed by atoms with Gasteiger partial charge in [0, 0.05) is 31.5 Å². The summed E-state index contributed by atoms with van der Waals surface area (Å²) in [5, 5.41) is 1.30. The van der Waals surface area contributed by atoms with Gasteiger partial charge in [0.25, 0.3) is 0 Å². The number of likely N-dealkylation sites (N-methyl/N-ethyl adjacent to an activating group) is 1. The molecular weight excluding hydrogens is 334 g/mol. The molecular formula is C16H20ClN3O2S. The highest BCUT2D eigenvalue weighted by molar-refractivity contribution is 8.00. The third kappa shape index (κ3) is 5.18. The van der Waals surface area contributed by atoms with Gasteiger partial charge in [0.05, 0.1) is 11.8 Å². The number of imidazole rings is 1. The number of nitrogens with zero attached hydrogens (tertiary/aromatic N) is 3. The molecule has 0 aliphatic carbocycles. The summed E-state index contributed by atoms with van der Waals surface area (Å²) in [6, 6.07) is 7.17. The van der Waals surface area contributed by atoms with E-state index >= 15 is 0 Å². The van der Waals surface area contributed by atoms with Crippen molar-refractivity contribution in [2.75, 3.05) is 20.2 Å². The van der Waals surface area contributed by atoms with E-state index < -0.39 is 0 Å². The fourth-order valence-corrected chi connectivity index (χ4v) is 3.00. The van der Waals surface area contributed by atoms with Crippen LogP contribution < -0.4 is 4.74 Å². The maximum atomic E-state index is 12.4. The van der Waals surface area contributed by atoms with E-state index in [1.54, 1.807) is 30.3 Å². The molecule has 0 aliphatic rings. The average Bonchev–Trinajstić information content (AvgIpc) is 2.93. The lowest BCUT2D eigenvalue weighted by Crippen LogP contribution is -2.36. The first kappa shape index (κ1) is 17.7. The van der Waals surface area contributed by atoms with Crippen molar-refractivity contribution in [1.82, 2.24) is 14.5 Å². The molecule has 0 N–H and O–H groups in total. The second kappa shape index (κ2) is 8.26. The third-order valence-corrected chi connectivity index (χ3v) is 4.70. The van der Waals surface area contributed by atoms with Gasteiger partial charge in [-0.1, -0.05) is 23.4 Å². The molecule has 1 aromatic heterocycles. The number of ether oxygens (including phenoxy) is 1. The molecule has 1 amide bonds. The van der Waals surface area contributed by atoms with E-state index in [1.165, 1.54) is 11.8 Å². The Morgan fingerprint density at radius 2 is 2.13 bits per heavy atom. The lowest BCUT2D eigenvalue weighted by Gasteiger charge is -2.21. The molecule has 0 spiro atoms. The number of hydrogen-bond donors (Lipinski definition) is 0. The van der Waals surface area contributed by atoms with Crippen LogP contribution in [-0.4, -0.2) is 45.8 Å². The van der Waals surface area contributed by atoms with Gasteiger partial charge in [0.2, 0.25) is 5.91 Å². The summed E-state index contributed by atoms with van der Waals surface area (Å²) in [5.41, 5.74) is 0. The predicted octanol–water partition coefficient (Wildman–Crippen LogP) is 3.09. The van der Waals surface area contributed by atoms with Crippen molar-refractivity contribution in [3.8, 4) is 5.75 Å². The van der Waals surface area contributed by atoms with Crippen molar-refractivity contribution in [3.05, 3.63) is 41.7 Å². The minimum absolute atomic E-state index is 0.0534. The Bertz CT molecular complexity index is 645. The van der Waals surface area contributed by atoms with Crippen molar-refractivity contribution in [3.63, 3.8) is 0 Å². The van der Waals surface area contributed by atoms with Gasteiger partial charge >= 0.3 is 0 Å². The van der Waals surface area contributed by atoms with E-state index in [0.717, 1.165) is 10.9 Å². The monoisotopic (exact) mass is 353 g/mol. The van der Waals surface area contributed by atoms with Gasteiger partial charge in [0.15, 0.2) is 5.16 Å². The molecule has 0 bridgehead atoms. The van der Waals surface area contributed by atoms with Crippen molar-refractivity contribution in [2.45, 2.75) is 17.3 Å². The molecule has 7 heteroatoms. The number of carbonyl (C=O) groups is 1. The summed E-state index contributed by atoms with van der Waals surface area (Å²) in [7, 11) is 3.69. The van der Waals surface area contributed by atoms with Crippen LogP contribution in [0.2, 0.25) is 5.02 Å². The summed E-state index contributed by atoms with van der Waals surface area (Å²) in [4.78, 5) is 18.3. The molecule has 0 radical (unpaired) electrons. The number of hydrogen-bond acceptors (Lipinski definition) is 4. The highest BCUT2D eigenvalue weighted by atomic mass is 35.5. The van der Waals surface area contributed by atoms with Crippen LogP contribution in [0, 0.1) is 0 Å². The molecule has 0 saturated heterocycles. The fraction of sp³-hybridized carbons (Fsp3) is 0.375. The second-order valence-electron chi connectivity index (χ2n) is 5.14. The predicted molar refractivity (Wildman–Crippen MR) is 93.1 cm³/mol. The van der Waals surface area contributed by atoms with E-state index in [4.69, 9.17) is 16.3 Å². The number of rotatable bonds is 7. The summed E-state index contributed by atoms with van der Waals surface area (Å²) in [6.45, 7) is 2.84. The van der Waals surface area contributed by atoms with E-state index in [9.17, 15) is 4.79 Å². The summed E-state index contributed by atoms with van der Waals surface area (Å²) >= 11 is 7.27. The van der Waals surface area contributed by atoms with E-state index in [0.29, 0.717) is 18.2 Å². The topological polar surface area (TPSA) is 47.4 Å². The van der Waals surface area contributed by atoms with Crippen LogP contribution in [0.15, 0.2) is 41.8 Å². The summed E-state index contributed by atoms with van der Waals surface area (Å²) in [5.74, 6) is 0.795. The van der Waals surface area contributed by atoms with Gasteiger partial charge in [0.1, 0.15) is 12.4 Å². The number of carbonyl (C=O) groups excluding carboxylic acids is 1. The molecule has 2 aromatic rings. The largest absolute Gasteiger partial charge is 0.492 e. The molecule has 124 valence electrons. The van der Waals surface area contributed by atoms with E-state index in [-0.39, 0.29) is 11.2 Å². The Labute approximate surface area is 145 Å². The van der Waals surface area contributed by atoms with Gasteiger partial charge in [-0.3, -0.25) is 4.79 Å². The first-order valence-electron chi connectivity index (χ1n) is 7.24. The maximum Gasteiger partial charge on any atom is 0.235 e. The molecule has 1 atom stereocenters. The number of benzene rings is 1. The van der Waals surface area contributed by atoms with Gasteiger partial charge in [-0.05, 0) is 31.2 Å². The van der Waals surface area contributed by atoms with Crippen LogP contribution in [-0.2, 0) is 11.8 Å². The Hall–Kier alpha value is -1.66. The van der Waals surface area contributed by atoms with E-state index in [2.05, 4.69) is 4.98 Å². The lowest BCUT2D eigenvalue weighted by molar-refractivity contribution is -0.129. The van der Waals surface area contributed by atoms with Crippen molar-refractivity contribution >= 4 is 29.3 Å². The highest BCUT2D eigenvalue weighted by Gasteiger charge is 2.20. The standard InChI is InChI=1S/C16H20ClN3O2S/c1-12(23-16-18-8-9-20(16)3)15(21)19(2)10-11-22-14-6-4-13(17)5-7-14/h4-9,12H,10-11H2,1-3H3/t12-/m1/s1. The minimum Gasteiger partial charge on any atom is -0.492 e. The lowest BCUT2D eigenvalue weighted by atomic mass is 10.3. The number of amides is 1. The Kier molecular flexibility index (Phi) is 6.36. The third-order valence-electron chi connectivity index (χ3n) is 3.29. The average molecular weight is 354 g/mol. The van der Waals surface area contributed by atoms with Crippen molar-refractivity contribution < 1.29 is 9.53 Å². The van der Waals surface area contributed by atoms with Gasteiger partial charge < -0.3 is 14.2 Å². The molecule has 0 fully saturated rings. The van der Waals surface area contributed by atoms with Crippen molar-refractivity contribution in [2.24, 2.45) is 7.05 Å². The molecule has 1 heterocycles. The Balaban J connectivity index is 1.78. The van der Waals surface area contributed by atoms with Crippen LogP contribution in [0.3, 0.4) is 0 Å². The van der Waals surface area contributed by atoms with Crippen LogP contribution >= 0.6 is 23.4 Å². The molecule has 0 aliphatic heterocycles. The van der Waals surface area contributed by atoms with Crippen molar-refractivity contribution in [1.29, 1.82) is 0 Å².